The number of rotatable bonds is 1. The first kappa shape index (κ1) is 8.55. The molecule has 0 aliphatic carbocycles. The first-order valence-electron chi connectivity index (χ1n) is 4.05. The Bertz CT molecular complexity index is 516. The number of aromatic nitrogens is 1. The molecule has 0 saturated carbocycles. The molecular formula is C9H8N2O3. The molecule has 0 amide bonds. The Morgan fingerprint density at radius 1 is 1.43 bits per heavy atom. The summed E-state index contributed by atoms with van der Waals surface area (Å²) in [6.45, 7) is 1.67. The Morgan fingerprint density at radius 2 is 2.14 bits per heavy atom. The SMILES string of the molecule is Cc1ccc2c(O)[nH]cc2c1[N+](=O)[O-]. The molecule has 1 heterocycles. The number of aromatic amines is 1. The number of fused-ring (bicyclic) bond motifs is 1. The number of aryl methyl sites for hydroxylation is 1. The van der Waals surface area contributed by atoms with Crippen LogP contribution in [0.3, 0.4) is 0 Å². The van der Waals surface area contributed by atoms with E-state index in [0.29, 0.717) is 16.3 Å². The molecule has 0 fully saturated rings. The average molecular weight is 192 g/mol. The van der Waals surface area contributed by atoms with Gasteiger partial charge in [-0.05, 0) is 13.0 Å². The van der Waals surface area contributed by atoms with Crippen molar-refractivity contribution in [3.63, 3.8) is 0 Å². The Morgan fingerprint density at radius 3 is 2.79 bits per heavy atom. The molecule has 14 heavy (non-hydrogen) atoms. The van der Waals surface area contributed by atoms with Gasteiger partial charge < -0.3 is 10.1 Å². The normalized spacial score (nSPS) is 10.6. The molecule has 0 radical (unpaired) electrons. The highest BCUT2D eigenvalue weighted by Crippen LogP contribution is 2.33. The second kappa shape index (κ2) is 2.73. The largest absolute Gasteiger partial charge is 0.494 e. The number of nitro benzene ring substituents is 1. The number of nitro groups is 1. The van der Waals surface area contributed by atoms with E-state index >= 15 is 0 Å². The zero-order chi connectivity index (χ0) is 10.3. The van der Waals surface area contributed by atoms with Gasteiger partial charge in [0.1, 0.15) is 0 Å². The fourth-order valence-electron chi connectivity index (χ4n) is 1.53. The number of nitrogens with one attached hydrogen (secondary N) is 1. The Hall–Kier alpha value is -2.04. The van der Waals surface area contributed by atoms with Crippen LogP contribution in [-0.2, 0) is 0 Å². The fourth-order valence-corrected chi connectivity index (χ4v) is 1.53. The monoisotopic (exact) mass is 192 g/mol. The van der Waals surface area contributed by atoms with Crippen LogP contribution >= 0.6 is 0 Å². The van der Waals surface area contributed by atoms with Crippen molar-refractivity contribution in [2.75, 3.05) is 0 Å². The van der Waals surface area contributed by atoms with Gasteiger partial charge in [-0.2, -0.15) is 0 Å². The second-order valence-electron chi connectivity index (χ2n) is 3.09. The molecular weight excluding hydrogens is 184 g/mol. The van der Waals surface area contributed by atoms with Crippen molar-refractivity contribution in [2.45, 2.75) is 6.92 Å². The molecule has 5 heteroatoms. The van der Waals surface area contributed by atoms with Gasteiger partial charge in [-0.1, -0.05) is 6.07 Å². The number of hydrogen-bond acceptors (Lipinski definition) is 3. The predicted octanol–water partition coefficient (Wildman–Crippen LogP) is 2.09. The molecule has 0 saturated heterocycles. The van der Waals surface area contributed by atoms with E-state index in [4.69, 9.17) is 0 Å². The summed E-state index contributed by atoms with van der Waals surface area (Å²) in [5, 5.41) is 21.0. The van der Waals surface area contributed by atoms with Crippen molar-refractivity contribution in [3.8, 4) is 5.88 Å². The number of benzene rings is 1. The summed E-state index contributed by atoms with van der Waals surface area (Å²) in [6, 6.07) is 3.28. The summed E-state index contributed by atoms with van der Waals surface area (Å²) in [5.41, 5.74) is 0.626. The van der Waals surface area contributed by atoms with E-state index in [1.807, 2.05) is 0 Å². The minimum Gasteiger partial charge on any atom is -0.494 e. The topological polar surface area (TPSA) is 79.2 Å². The van der Waals surface area contributed by atoms with Gasteiger partial charge in [0.25, 0.3) is 5.69 Å². The molecule has 0 atom stereocenters. The molecule has 0 aliphatic rings. The van der Waals surface area contributed by atoms with Crippen LogP contribution in [0.15, 0.2) is 18.3 Å². The Labute approximate surface area is 79.1 Å². The van der Waals surface area contributed by atoms with Gasteiger partial charge in [0, 0.05) is 11.8 Å². The van der Waals surface area contributed by atoms with Crippen LogP contribution in [0.5, 0.6) is 5.88 Å². The summed E-state index contributed by atoms with van der Waals surface area (Å²) in [7, 11) is 0. The highest BCUT2D eigenvalue weighted by atomic mass is 16.6. The van der Waals surface area contributed by atoms with Crippen molar-refractivity contribution in [3.05, 3.63) is 34.0 Å². The van der Waals surface area contributed by atoms with Crippen molar-refractivity contribution in [2.24, 2.45) is 0 Å². The van der Waals surface area contributed by atoms with Gasteiger partial charge in [0.15, 0.2) is 5.88 Å². The third-order valence-corrected chi connectivity index (χ3v) is 2.21. The van der Waals surface area contributed by atoms with Crippen LogP contribution in [0.2, 0.25) is 0 Å². The maximum absolute atomic E-state index is 10.8. The molecule has 0 bridgehead atoms. The van der Waals surface area contributed by atoms with Crippen LogP contribution in [-0.4, -0.2) is 15.0 Å². The molecule has 1 aromatic carbocycles. The minimum absolute atomic E-state index is 0.0388. The molecule has 72 valence electrons. The molecule has 0 aliphatic heterocycles. The van der Waals surface area contributed by atoms with E-state index in [9.17, 15) is 15.2 Å². The second-order valence-corrected chi connectivity index (χ2v) is 3.09. The first-order chi connectivity index (χ1) is 6.61. The van der Waals surface area contributed by atoms with Gasteiger partial charge >= 0.3 is 0 Å². The van der Waals surface area contributed by atoms with Crippen molar-refractivity contribution in [1.29, 1.82) is 0 Å². The molecule has 2 N–H and O–H groups in total. The smallest absolute Gasteiger partial charge is 0.281 e. The standard InChI is InChI=1S/C9H8N2O3/c1-5-2-3-6-7(4-10-9(6)12)8(5)11(13)14/h2-4,10,12H,1H3. The van der Waals surface area contributed by atoms with Gasteiger partial charge in [-0.3, -0.25) is 10.1 Å². The van der Waals surface area contributed by atoms with E-state index in [2.05, 4.69) is 4.98 Å². The lowest BCUT2D eigenvalue weighted by molar-refractivity contribution is -0.383. The van der Waals surface area contributed by atoms with Crippen molar-refractivity contribution in [1.82, 2.24) is 4.98 Å². The minimum atomic E-state index is -0.440. The maximum Gasteiger partial charge on any atom is 0.281 e. The Kier molecular flexibility index (Phi) is 1.67. The van der Waals surface area contributed by atoms with Crippen LogP contribution in [0.4, 0.5) is 5.69 Å². The zero-order valence-corrected chi connectivity index (χ0v) is 7.44. The van der Waals surface area contributed by atoms with E-state index in [-0.39, 0.29) is 11.6 Å². The Balaban J connectivity index is 2.90. The van der Waals surface area contributed by atoms with Crippen LogP contribution in [0.25, 0.3) is 10.8 Å². The van der Waals surface area contributed by atoms with Gasteiger partial charge in [-0.25, -0.2) is 0 Å². The summed E-state index contributed by atoms with van der Waals surface area (Å²) >= 11 is 0. The summed E-state index contributed by atoms with van der Waals surface area (Å²) in [4.78, 5) is 12.9. The van der Waals surface area contributed by atoms with E-state index in [1.54, 1.807) is 19.1 Å². The fraction of sp³-hybridized carbons (Fsp3) is 0.111. The van der Waals surface area contributed by atoms with Gasteiger partial charge in [0.05, 0.1) is 15.7 Å². The first-order valence-corrected chi connectivity index (χ1v) is 4.05. The lowest BCUT2D eigenvalue weighted by Gasteiger charge is -1.97. The van der Waals surface area contributed by atoms with Crippen molar-refractivity contribution < 1.29 is 10.0 Å². The van der Waals surface area contributed by atoms with Crippen molar-refractivity contribution >= 4 is 16.5 Å². The quantitative estimate of drug-likeness (QED) is 0.536. The number of nitrogens with zero attached hydrogens (tertiary/aromatic N) is 1. The summed E-state index contributed by atoms with van der Waals surface area (Å²) < 4.78 is 0. The van der Waals surface area contributed by atoms with Crippen LogP contribution < -0.4 is 0 Å². The van der Waals surface area contributed by atoms with E-state index < -0.39 is 4.92 Å². The highest BCUT2D eigenvalue weighted by molar-refractivity contribution is 5.95. The molecule has 0 spiro atoms. The lowest BCUT2D eigenvalue weighted by atomic mass is 10.1. The van der Waals surface area contributed by atoms with Gasteiger partial charge in [-0.15, -0.1) is 0 Å². The number of aromatic hydroxyl groups is 1. The molecule has 2 aromatic rings. The van der Waals surface area contributed by atoms with Gasteiger partial charge in [0.2, 0.25) is 0 Å². The molecule has 1 aromatic heterocycles. The summed E-state index contributed by atoms with van der Waals surface area (Å²) in [5.74, 6) is -0.0388. The maximum atomic E-state index is 10.8. The predicted molar refractivity (Wildman–Crippen MR) is 51.4 cm³/mol. The average Bonchev–Trinajstić information content (AvgIpc) is 2.47. The zero-order valence-electron chi connectivity index (χ0n) is 7.44. The molecule has 2 rings (SSSR count). The molecule has 0 unspecified atom stereocenters. The van der Waals surface area contributed by atoms with Crippen LogP contribution in [0.1, 0.15) is 5.56 Å². The van der Waals surface area contributed by atoms with E-state index in [1.165, 1.54) is 6.20 Å². The van der Waals surface area contributed by atoms with E-state index in [0.717, 1.165) is 0 Å². The van der Waals surface area contributed by atoms with Crippen LogP contribution in [0, 0.1) is 17.0 Å². The highest BCUT2D eigenvalue weighted by Gasteiger charge is 2.17. The molecule has 5 nitrogen and oxygen atoms in total. The third-order valence-electron chi connectivity index (χ3n) is 2.21. The summed E-state index contributed by atoms with van der Waals surface area (Å²) in [6.07, 6.45) is 1.44. The lowest BCUT2D eigenvalue weighted by Crippen LogP contribution is -1.91. The number of H-pyrrole nitrogens is 1. The third kappa shape index (κ3) is 1.02. The number of hydrogen-bond donors (Lipinski definition) is 2.